The average molecular weight is 272 g/mol. The van der Waals surface area contributed by atoms with Crippen LogP contribution in [0.15, 0.2) is 12.1 Å². The van der Waals surface area contributed by atoms with Crippen molar-refractivity contribution >= 4 is 17.5 Å². The summed E-state index contributed by atoms with van der Waals surface area (Å²) in [6.07, 6.45) is 0.591. The molecule has 0 aromatic heterocycles. The van der Waals surface area contributed by atoms with Gasteiger partial charge in [-0.1, -0.05) is 0 Å². The van der Waals surface area contributed by atoms with E-state index in [1.807, 2.05) is 0 Å². The predicted octanol–water partition coefficient (Wildman–Crippen LogP) is 1.57. The number of hydrogen-bond acceptors (Lipinski definition) is 2. The number of anilines is 1. The van der Waals surface area contributed by atoms with E-state index in [0.29, 0.717) is 18.6 Å². The molecule has 1 heterocycles. The molecule has 4 nitrogen and oxygen atoms in total. The molecular formula is C12H11F3N2O2. The highest BCUT2D eigenvalue weighted by Gasteiger charge is 2.24. The molecule has 1 saturated heterocycles. The van der Waals surface area contributed by atoms with E-state index >= 15 is 0 Å². The summed E-state index contributed by atoms with van der Waals surface area (Å²) in [5.41, 5.74) is -0.154. The van der Waals surface area contributed by atoms with E-state index < -0.39 is 29.3 Å². The number of hydrogen-bond donors (Lipinski definition) is 2. The molecular weight excluding hydrogens is 261 g/mol. The Hall–Kier alpha value is -2.05. The molecule has 0 bridgehead atoms. The maximum absolute atomic E-state index is 13.0. The standard InChI is InChI=1S/C12H11F3N2O2/c13-8-3-7(4-9(14)11(8)15)17-12(19)6-1-2-10(18)16-5-6/h3-4,6H,1-2,5H2,(H,16,18)(H,17,19). The Kier molecular flexibility index (Phi) is 3.73. The third kappa shape index (κ3) is 3.04. The van der Waals surface area contributed by atoms with Crippen LogP contribution in [-0.4, -0.2) is 18.4 Å². The summed E-state index contributed by atoms with van der Waals surface area (Å²) in [7, 11) is 0. The van der Waals surface area contributed by atoms with Gasteiger partial charge in [-0.25, -0.2) is 13.2 Å². The van der Waals surface area contributed by atoms with Crippen molar-refractivity contribution in [3.8, 4) is 0 Å². The second-order valence-corrected chi connectivity index (χ2v) is 4.28. The molecule has 2 N–H and O–H groups in total. The average Bonchev–Trinajstić information content (AvgIpc) is 2.36. The topological polar surface area (TPSA) is 58.2 Å². The minimum atomic E-state index is -1.58. The fourth-order valence-electron chi connectivity index (χ4n) is 1.83. The first-order chi connectivity index (χ1) is 8.97. The van der Waals surface area contributed by atoms with Crippen LogP contribution < -0.4 is 10.6 Å². The van der Waals surface area contributed by atoms with Crippen LogP contribution in [0.1, 0.15) is 12.8 Å². The van der Waals surface area contributed by atoms with Crippen molar-refractivity contribution < 1.29 is 22.8 Å². The van der Waals surface area contributed by atoms with Gasteiger partial charge in [0.15, 0.2) is 17.5 Å². The molecule has 0 saturated carbocycles. The van der Waals surface area contributed by atoms with E-state index in [9.17, 15) is 22.8 Å². The molecule has 1 aliphatic heterocycles. The zero-order valence-electron chi connectivity index (χ0n) is 9.80. The lowest BCUT2D eigenvalue weighted by Gasteiger charge is -2.21. The van der Waals surface area contributed by atoms with Gasteiger partial charge in [0.2, 0.25) is 11.8 Å². The molecule has 1 unspecified atom stereocenters. The lowest BCUT2D eigenvalue weighted by molar-refractivity contribution is -0.126. The Balaban J connectivity index is 2.05. The number of piperidine rings is 1. The summed E-state index contributed by atoms with van der Waals surface area (Å²) in [6.45, 7) is 0.177. The SMILES string of the molecule is O=C1CCC(C(=O)Nc2cc(F)c(F)c(F)c2)CN1. The Morgan fingerprint density at radius 2 is 1.89 bits per heavy atom. The largest absolute Gasteiger partial charge is 0.355 e. The summed E-state index contributed by atoms with van der Waals surface area (Å²) in [4.78, 5) is 22.7. The third-order valence-corrected chi connectivity index (χ3v) is 2.89. The van der Waals surface area contributed by atoms with Crippen LogP contribution >= 0.6 is 0 Å². The maximum Gasteiger partial charge on any atom is 0.229 e. The molecule has 7 heteroatoms. The molecule has 102 valence electrons. The zero-order chi connectivity index (χ0) is 14.0. The van der Waals surface area contributed by atoms with Crippen LogP contribution in [-0.2, 0) is 9.59 Å². The van der Waals surface area contributed by atoms with E-state index in [1.165, 1.54) is 0 Å². The highest BCUT2D eigenvalue weighted by atomic mass is 19.2. The monoisotopic (exact) mass is 272 g/mol. The minimum absolute atomic E-state index is 0.136. The van der Waals surface area contributed by atoms with Crippen molar-refractivity contribution in [2.45, 2.75) is 12.8 Å². The molecule has 1 fully saturated rings. The summed E-state index contributed by atoms with van der Waals surface area (Å²) >= 11 is 0. The molecule has 2 rings (SSSR count). The van der Waals surface area contributed by atoms with Gasteiger partial charge in [0.1, 0.15) is 0 Å². The van der Waals surface area contributed by atoms with Crippen molar-refractivity contribution in [3.63, 3.8) is 0 Å². The minimum Gasteiger partial charge on any atom is -0.355 e. The van der Waals surface area contributed by atoms with E-state index in [1.54, 1.807) is 0 Å². The normalized spacial score (nSPS) is 18.9. The quantitative estimate of drug-likeness (QED) is 0.803. The molecule has 1 aromatic rings. The summed E-state index contributed by atoms with van der Waals surface area (Å²) in [6, 6.07) is 1.41. The van der Waals surface area contributed by atoms with Crippen molar-refractivity contribution in [1.82, 2.24) is 5.32 Å². The third-order valence-electron chi connectivity index (χ3n) is 2.89. The molecule has 0 spiro atoms. The summed E-state index contributed by atoms with van der Waals surface area (Å²) in [5.74, 6) is -5.38. The van der Waals surface area contributed by atoms with Crippen LogP contribution in [0.5, 0.6) is 0 Å². The lowest BCUT2D eigenvalue weighted by atomic mass is 9.98. The number of carbonyl (C=O) groups is 2. The van der Waals surface area contributed by atoms with Gasteiger partial charge in [0.25, 0.3) is 0 Å². The van der Waals surface area contributed by atoms with Gasteiger partial charge in [-0.15, -0.1) is 0 Å². The Labute approximate surface area is 107 Å². The van der Waals surface area contributed by atoms with Crippen LogP contribution in [0.3, 0.4) is 0 Å². The maximum atomic E-state index is 13.0. The number of carbonyl (C=O) groups excluding carboxylic acids is 2. The van der Waals surface area contributed by atoms with Crippen molar-refractivity contribution in [3.05, 3.63) is 29.6 Å². The van der Waals surface area contributed by atoms with Crippen LogP contribution in [0, 0.1) is 23.4 Å². The highest BCUT2D eigenvalue weighted by molar-refractivity contribution is 5.94. The smallest absolute Gasteiger partial charge is 0.229 e. The first-order valence-electron chi connectivity index (χ1n) is 5.69. The summed E-state index contributed by atoms with van der Waals surface area (Å²) in [5, 5.41) is 4.82. The van der Waals surface area contributed by atoms with Crippen molar-refractivity contribution in [1.29, 1.82) is 0 Å². The predicted molar refractivity (Wildman–Crippen MR) is 60.7 cm³/mol. The van der Waals surface area contributed by atoms with Gasteiger partial charge < -0.3 is 10.6 Å². The fourth-order valence-corrected chi connectivity index (χ4v) is 1.83. The number of rotatable bonds is 2. The van der Waals surface area contributed by atoms with E-state index in [4.69, 9.17) is 0 Å². The van der Waals surface area contributed by atoms with Crippen LogP contribution in [0.25, 0.3) is 0 Å². The van der Waals surface area contributed by atoms with E-state index in [0.717, 1.165) is 0 Å². The summed E-state index contributed by atoms with van der Waals surface area (Å²) < 4.78 is 38.7. The molecule has 2 amide bonds. The number of benzene rings is 1. The second kappa shape index (κ2) is 5.29. The van der Waals surface area contributed by atoms with Gasteiger partial charge in [-0.2, -0.15) is 0 Å². The molecule has 1 atom stereocenters. The second-order valence-electron chi connectivity index (χ2n) is 4.28. The number of nitrogens with one attached hydrogen (secondary N) is 2. The molecule has 19 heavy (non-hydrogen) atoms. The van der Waals surface area contributed by atoms with E-state index in [-0.39, 0.29) is 24.6 Å². The fraction of sp³-hybridized carbons (Fsp3) is 0.333. The highest BCUT2D eigenvalue weighted by Crippen LogP contribution is 2.19. The van der Waals surface area contributed by atoms with Gasteiger partial charge in [-0.3, -0.25) is 9.59 Å². The van der Waals surface area contributed by atoms with Gasteiger partial charge in [0, 0.05) is 30.8 Å². The molecule has 1 aliphatic rings. The Bertz CT molecular complexity index is 501. The zero-order valence-corrected chi connectivity index (χ0v) is 9.80. The molecule has 0 radical (unpaired) electrons. The molecule has 0 aliphatic carbocycles. The lowest BCUT2D eigenvalue weighted by Crippen LogP contribution is -2.40. The molecule has 1 aromatic carbocycles. The van der Waals surface area contributed by atoms with Crippen LogP contribution in [0.4, 0.5) is 18.9 Å². The van der Waals surface area contributed by atoms with Gasteiger partial charge >= 0.3 is 0 Å². The van der Waals surface area contributed by atoms with Crippen molar-refractivity contribution in [2.24, 2.45) is 5.92 Å². The Morgan fingerprint density at radius 1 is 1.26 bits per heavy atom. The van der Waals surface area contributed by atoms with E-state index in [2.05, 4.69) is 10.6 Å². The van der Waals surface area contributed by atoms with Gasteiger partial charge in [-0.05, 0) is 6.42 Å². The first-order valence-corrected chi connectivity index (χ1v) is 5.69. The number of halogens is 3. The van der Waals surface area contributed by atoms with Crippen molar-refractivity contribution in [2.75, 3.05) is 11.9 Å². The Morgan fingerprint density at radius 3 is 2.42 bits per heavy atom. The van der Waals surface area contributed by atoms with Gasteiger partial charge in [0.05, 0.1) is 5.92 Å². The van der Waals surface area contributed by atoms with Crippen LogP contribution in [0.2, 0.25) is 0 Å². The number of amides is 2. The first kappa shape index (κ1) is 13.4.